The fourth-order valence-corrected chi connectivity index (χ4v) is 2.98. The normalized spacial score (nSPS) is 14.7. The highest BCUT2D eigenvalue weighted by atomic mass is 16.2. The summed E-state index contributed by atoms with van der Waals surface area (Å²) >= 11 is 0. The zero-order valence-electron chi connectivity index (χ0n) is 12.6. The standard InChI is InChI=1S/C18H21N3O/c22-18(20-16-6-2-1-3-7-16)21(17-8-4-5-9-17)14-15-10-12-19-13-11-15/h1-3,6-7,10-13,17H,4-5,8-9,14H2,(H,20,22). The summed E-state index contributed by atoms with van der Waals surface area (Å²) in [4.78, 5) is 18.7. The molecule has 0 atom stereocenters. The zero-order chi connectivity index (χ0) is 15.2. The number of carbonyl (C=O) groups excluding carboxylic acids is 1. The van der Waals surface area contributed by atoms with Gasteiger partial charge in [-0.15, -0.1) is 0 Å². The molecule has 2 amide bonds. The first-order chi connectivity index (χ1) is 10.8. The number of nitrogens with one attached hydrogen (secondary N) is 1. The SMILES string of the molecule is O=C(Nc1ccccc1)N(Cc1ccncc1)C1CCCC1. The number of carbonyl (C=O) groups is 1. The van der Waals surface area contributed by atoms with Gasteiger partial charge in [-0.2, -0.15) is 0 Å². The Hall–Kier alpha value is -2.36. The van der Waals surface area contributed by atoms with Crippen LogP contribution in [-0.2, 0) is 6.54 Å². The Morgan fingerprint density at radius 1 is 1.09 bits per heavy atom. The van der Waals surface area contributed by atoms with Crippen molar-refractivity contribution in [3.05, 3.63) is 60.4 Å². The van der Waals surface area contributed by atoms with Crippen molar-refractivity contribution in [2.45, 2.75) is 38.3 Å². The van der Waals surface area contributed by atoms with Gasteiger partial charge in [0.15, 0.2) is 0 Å². The second-order valence-electron chi connectivity index (χ2n) is 5.72. The lowest BCUT2D eigenvalue weighted by atomic mass is 10.2. The summed E-state index contributed by atoms with van der Waals surface area (Å²) in [5.41, 5.74) is 1.95. The third kappa shape index (κ3) is 3.64. The first-order valence-electron chi connectivity index (χ1n) is 7.84. The van der Waals surface area contributed by atoms with E-state index in [9.17, 15) is 4.79 Å². The highest BCUT2D eigenvalue weighted by Crippen LogP contribution is 2.25. The van der Waals surface area contributed by atoms with Crippen molar-refractivity contribution in [1.82, 2.24) is 9.88 Å². The molecule has 1 aliphatic carbocycles. The van der Waals surface area contributed by atoms with Crippen molar-refractivity contribution in [3.63, 3.8) is 0 Å². The smallest absolute Gasteiger partial charge is 0.317 e. The number of urea groups is 1. The Balaban J connectivity index is 1.74. The van der Waals surface area contributed by atoms with E-state index in [1.165, 1.54) is 12.8 Å². The van der Waals surface area contributed by atoms with E-state index >= 15 is 0 Å². The molecular weight excluding hydrogens is 274 g/mol. The fraction of sp³-hybridized carbons (Fsp3) is 0.333. The van der Waals surface area contributed by atoms with Crippen LogP contribution in [0.5, 0.6) is 0 Å². The molecule has 22 heavy (non-hydrogen) atoms. The predicted molar refractivity (Wildman–Crippen MR) is 87.5 cm³/mol. The van der Waals surface area contributed by atoms with E-state index in [2.05, 4.69) is 10.3 Å². The number of anilines is 1. The molecule has 0 aliphatic heterocycles. The second kappa shape index (κ2) is 7.07. The van der Waals surface area contributed by atoms with Gasteiger partial charge in [-0.05, 0) is 42.7 Å². The van der Waals surface area contributed by atoms with Crippen molar-refractivity contribution < 1.29 is 4.79 Å². The van der Waals surface area contributed by atoms with E-state index in [-0.39, 0.29) is 6.03 Å². The number of rotatable bonds is 4. The third-order valence-corrected chi connectivity index (χ3v) is 4.15. The highest BCUT2D eigenvalue weighted by Gasteiger charge is 2.26. The molecule has 1 heterocycles. The molecule has 1 saturated carbocycles. The van der Waals surface area contributed by atoms with Gasteiger partial charge in [-0.3, -0.25) is 4.98 Å². The Bertz CT molecular complexity index is 594. The van der Waals surface area contributed by atoms with Crippen LogP contribution in [0.2, 0.25) is 0 Å². The Kier molecular flexibility index (Phi) is 4.68. The second-order valence-corrected chi connectivity index (χ2v) is 5.72. The van der Waals surface area contributed by atoms with Gasteiger partial charge in [0, 0.05) is 30.7 Å². The quantitative estimate of drug-likeness (QED) is 0.924. The minimum atomic E-state index is -0.0186. The molecule has 1 aromatic carbocycles. The summed E-state index contributed by atoms with van der Waals surface area (Å²) in [5.74, 6) is 0. The molecule has 0 saturated heterocycles. The molecule has 0 bridgehead atoms. The Morgan fingerprint density at radius 3 is 2.45 bits per heavy atom. The van der Waals surface area contributed by atoms with Crippen molar-refractivity contribution in [3.8, 4) is 0 Å². The van der Waals surface area contributed by atoms with Gasteiger partial charge in [-0.25, -0.2) is 4.79 Å². The molecule has 114 valence electrons. The van der Waals surface area contributed by atoms with Gasteiger partial charge >= 0.3 is 6.03 Å². The summed E-state index contributed by atoms with van der Waals surface area (Å²) in [6, 6.07) is 13.9. The first kappa shape index (κ1) is 14.6. The highest BCUT2D eigenvalue weighted by molar-refractivity contribution is 5.89. The van der Waals surface area contributed by atoms with E-state index in [0.29, 0.717) is 12.6 Å². The topological polar surface area (TPSA) is 45.2 Å². The van der Waals surface area contributed by atoms with E-state index in [1.807, 2.05) is 47.4 Å². The fourth-order valence-electron chi connectivity index (χ4n) is 2.98. The molecule has 4 heteroatoms. The maximum absolute atomic E-state index is 12.7. The molecule has 4 nitrogen and oxygen atoms in total. The first-order valence-corrected chi connectivity index (χ1v) is 7.84. The summed E-state index contributed by atoms with van der Waals surface area (Å²) in [7, 11) is 0. The van der Waals surface area contributed by atoms with Crippen LogP contribution in [0.25, 0.3) is 0 Å². The number of aromatic nitrogens is 1. The van der Waals surface area contributed by atoms with Crippen molar-refractivity contribution in [1.29, 1.82) is 0 Å². The number of benzene rings is 1. The van der Waals surface area contributed by atoms with Gasteiger partial charge < -0.3 is 10.2 Å². The zero-order valence-corrected chi connectivity index (χ0v) is 12.6. The molecule has 1 fully saturated rings. The molecule has 3 rings (SSSR count). The maximum Gasteiger partial charge on any atom is 0.322 e. The molecule has 2 aromatic rings. The van der Waals surface area contributed by atoms with Gasteiger partial charge in [-0.1, -0.05) is 31.0 Å². The molecule has 0 unspecified atom stereocenters. The number of hydrogen-bond donors (Lipinski definition) is 1. The lowest BCUT2D eigenvalue weighted by molar-refractivity contribution is 0.184. The van der Waals surface area contributed by atoms with E-state index in [1.54, 1.807) is 12.4 Å². The molecule has 1 N–H and O–H groups in total. The average molecular weight is 295 g/mol. The van der Waals surface area contributed by atoms with Gasteiger partial charge in [0.1, 0.15) is 0 Å². The number of para-hydroxylation sites is 1. The third-order valence-electron chi connectivity index (χ3n) is 4.15. The number of hydrogen-bond acceptors (Lipinski definition) is 2. The molecule has 1 aromatic heterocycles. The summed E-state index contributed by atoms with van der Waals surface area (Å²) in [6.45, 7) is 0.631. The van der Waals surface area contributed by atoms with Crippen LogP contribution in [0.3, 0.4) is 0 Å². The van der Waals surface area contributed by atoms with Crippen LogP contribution in [0.4, 0.5) is 10.5 Å². The molecule has 0 spiro atoms. The van der Waals surface area contributed by atoms with Crippen LogP contribution >= 0.6 is 0 Å². The van der Waals surface area contributed by atoms with Crippen molar-refractivity contribution in [2.75, 3.05) is 5.32 Å². The van der Waals surface area contributed by atoms with E-state index < -0.39 is 0 Å². The van der Waals surface area contributed by atoms with E-state index in [4.69, 9.17) is 0 Å². The predicted octanol–water partition coefficient (Wildman–Crippen LogP) is 4.06. The molecule has 0 radical (unpaired) electrons. The lowest BCUT2D eigenvalue weighted by Gasteiger charge is -2.29. The maximum atomic E-state index is 12.7. The van der Waals surface area contributed by atoms with Gasteiger partial charge in [0.2, 0.25) is 0 Å². The van der Waals surface area contributed by atoms with Gasteiger partial charge in [0.25, 0.3) is 0 Å². The number of pyridine rings is 1. The van der Waals surface area contributed by atoms with Gasteiger partial charge in [0.05, 0.1) is 0 Å². The lowest BCUT2D eigenvalue weighted by Crippen LogP contribution is -2.41. The van der Waals surface area contributed by atoms with Crippen LogP contribution in [-0.4, -0.2) is 22.0 Å². The van der Waals surface area contributed by atoms with Crippen LogP contribution in [0.1, 0.15) is 31.2 Å². The average Bonchev–Trinajstić information content (AvgIpc) is 3.08. The monoisotopic (exact) mass is 295 g/mol. The van der Waals surface area contributed by atoms with Crippen molar-refractivity contribution in [2.24, 2.45) is 0 Å². The Labute approximate surface area is 131 Å². The van der Waals surface area contributed by atoms with Crippen LogP contribution in [0.15, 0.2) is 54.9 Å². The van der Waals surface area contributed by atoms with Crippen LogP contribution in [0, 0.1) is 0 Å². The Morgan fingerprint density at radius 2 is 1.77 bits per heavy atom. The molecule has 1 aliphatic rings. The molecular formula is C18H21N3O. The van der Waals surface area contributed by atoms with Crippen molar-refractivity contribution >= 4 is 11.7 Å². The summed E-state index contributed by atoms with van der Waals surface area (Å²) in [6.07, 6.45) is 8.14. The summed E-state index contributed by atoms with van der Waals surface area (Å²) in [5, 5.41) is 3.01. The van der Waals surface area contributed by atoms with E-state index in [0.717, 1.165) is 24.1 Å². The largest absolute Gasteiger partial charge is 0.322 e. The number of amides is 2. The number of nitrogens with zero attached hydrogens (tertiary/aromatic N) is 2. The van der Waals surface area contributed by atoms with Crippen LogP contribution < -0.4 is 5.32 Å². The minimum absolute atomic E-state index is 0.0186. The summed E-state index contributed by atoms with van der Waals surface area (Å²) < 4.78 is 0. The minimum Gasteiger partial charge on any atom is -0.317 e.